The van der Waals surface area contributed by atoms with Crippen LogP contribution in [0.2, 0.25) is 0 Å². The van der Waals surface area contributed by atoms with E-state index in [9.17, 15) is 19.8 Å². The summed E-state index contributed by atoms with van der Waals surface area (Å²) < 4.78 is 0. The molecular formula is C26H42O4. The lowest BCUT2D eigenvalue weighted by Crippen LogP contribution is -2.23. The summed E-state index contributed by atoms with van der Waals surface area (Å²) in [5.74, 6) is -1.43. The molecule has 0 aromatic heterocycles. The molecule has 0 aliphatic rings. The Labute approximate surface area is 183 Å². The summed E-state index contributed by atoms with van der Waals surface area (Å²) >= 11 is 0. The van der Waals surface area contributed by atoms with Gasteiger partial charge >= 0.3 is 11.9 Å². The van der Waals surface area contributed by atoms with Gasteiger partial charge < -0.3 is 10.2 Å². The van der Waals surface area contributed by atoms with Gasteiger partial charge in [0.1, 0.15) is 0 Å². The zero-order valence-corrected chi connectivity index (χ0v) is 19.9. The van der Waals surface area contributed by atoms with Gasteiger partial charge in [0.15, 0.2) is 0 Å². The molecule has 4 heteroatoms. The van der Waals surface area contributed by atoms with Crippen LogP contribution in [-0.4, -0.2) is 22.2 Å². The number of aryl methyl sites for hydroxylation is 2. The maximum absolute atomic E-state index is 11.3. The van der Waals surface area contributed by atoms with Gasteiger partial charge in [-0.25, -0.2) is 0 Å². The second kappa shape index (κ2) is 11.5. The number of hydrogen-bond donors (Lipinski definition) is 2. The first-order valence-corrected chi connectivity index (χ1v) is 11.4. The summed E-state index contributed by atoms with van der Waals surface area (Å²) in [6.45, 7) is 11.6. The summed E-state index contributed by atoms with van der Waals surface area (Å²) in [5.41, 5.74) is 4.27. The van der Waals surface area contributed by atoms with Gasteiger partial charge in [0, 0.05) is 0 Å². The van der Waals surface area contributed by atoms with Crippen LogP contribution in [0, 0.1) is 24.7 Å². The van der Waals surface area contributed by atoms with Crippen LogP contribution < -0.4 is 0 Å². The number of benzene rings is 1. The van der Waals surface area contributed by atoms with Gasteiger partial charge in [0.25, 0.3) is 0 Å². The zero-order chi connectivity index (χ0) is 22.9. The molecule has 0 saturated carbocycles. The second-order valence-corrected chi connectivity index (χ2v) is 10.1. The summed E-state index contributed by atoms with van der Waals surface area (Å²) in [7, 11) is 0. The highest BCUT2D eigenvalue weighted by Gasteiger charge is 2.26. The maximum atomic E-state index is 11.3. The fourth-order valence-electron chi connectivity index (χ4n) is 3.91. The topological polar surface area (TPSA) is 74.6 Å². The molecule has 0 bridgehead atoms. The molecule has 0 aliphatic heterocycles. The van der Waals surface area contributed by atoms with Crippen LogP contribution in [0.1, 0.15) is 101 Å². The Kier molecular flexibility index (Phi) is 10.1. The SMILES string of the molecule is Cc1ccc(CCCCCCC(C)(C)C(=O)O)c(C)c1CCCCC(C)(C)C(=O)O. The Balaban J connectivity index is 2.48. The lowest BCUT2D eigenvalue weighted by Gasteiger charge is -2.19. The van der Waals surface area contributed by atoms with Gasteiger partial charge in [-0.15, -0.1) is 0 Å². The average Bonchev–Trinajstić information content (AvgIpc) is 2.64. The van der Waals surface area contributed by atoms with E-state index in [4.69, 9.17) is 0 Å². The molecule has 0 aliphatic carbocycles. The Hall–Kier alpha value is -1.84. The van der Waals surface area contributed by atoms with Gasteiger partial charge in [0.05, 0.1) is 10.8 Å². The Morgan fingerprint density at radius 1 is 0.733 bits per heavy atom. The van der Waals surface area contributed by atoms with Crippen molar-refractivity contribution in [3.05, 3.63) is 34.4 Å². The van der Waals surface area contributed by atoms with Gasteiger partial charge in [-0.2, -0.15) is 0 Å². The van der Waals surface area contributed by atoms with Crippen LogP contribution in [0.3, 0.4) is 0 Å². The van der Waals surface area contributed by atoms with Crippen LogP contribution in [0.15, 0.2) is 12.1 Å². The van der Waals surface area contributed by atoms with E-state index in [1.54, 1.807) is 27.7 Å². The van der Waals surface area contributed by atoms with Crippen molar-refractivity contribution in [2.24, 2.45) is 10.8 Å². The minimum absolute atomic E-state index is 0.623. The predicted octanol–water partition coefficient (Wildman–Crippen LogP) is 6.73. The fourth-order valence-corrected chi connectivity index (χ4v) is 3.91. The standard InChI is InChI=1S/C26H42O4/c1-19-15-16-21(13-9-7-8-11-17-25(3,4)23(27)28)20(2)22(19)14-10-12-18-26(5,6)24(29)30/h15-16H,7-14,17-18H2,1-6H3,(H,27,28)(H,29,30). The van der Waals surface area contributed by atoms with Crippen molar-refractivity contribution in [1.82, 2.24) is 0 Å². The minimum Gasteiger partial charge on any atom is -0.481 e. The largest absolute Gasteiger partial charge is 0.481 e. The number of carboxylic acid groups (broad SMARTS) is 2. The van der Waals surface area contributed by atoms with Crippen molar-refractivity contribution >= 4 is 11.9 Å². The highest BCUT2D eigenvalue weighted by atomic mass is 16.4. The highest BCUT2D eigenvalue weighted by molar-refractivity contribution is 5.73. The quantitative estimate of drug-likeness (QED) is 0.328. The molecule has 0 unspecified atom stereocenters. The predicted molar refractivity (Wildman–Crippen MR) is 123 cm³/mol. The normalized spacial score (nSPS) is 12.2. The van der Waals surface area contributed by atoms with Crippen LogP contribution in [0.5, 0.6) is 0 Å². The van der Waals surface area contributed by atoms with Crippen molar-refractivity contribution in [1.29, 1.82) is 0 Å². The maximum Gasteiger partial charge on any atom is 0.309 e. The molecule has 1 aromatic carbocycles. The van der Waals surface area contributed by atoms with Gasteiger partial charge in [-0.3, -0.25) is 9.59 Å². The Morgan fingerprint density at radius 2 is 1.20 bits per heavy atom. The van der Waals surface area contributed by atoms with Crippen LogP contribution in [0.4, 0.5) is 0 Å². The third-order valence-electron chi connectivity index (χ3n) is 6.58. The summed E-state index contributed by atoms with van der Waals surface area (Å²) in [6, 6.07) is 4.46. The third-order valence-corrected chi connectivity index (χ3v) is 6.58. The molecule has 0 amide bonds. The first kappa shape index (κ1) is 26.2. The van der Waals surface area contributed by atoms with Crippen LogP contribution in [-0.2, 0) is 22.4 Å². The number of unbranched alkanes of at least 4 members (excludes halogenated alkanes) is 4. The Morgan fingerprint density at radius 3 is 1.73 bits per heavy atom. The molecule has 0 atom stereocenters. The molecule has 0 heterocycles. The number of hydrogen-bond acceptors (Lipinski definition) is 2. The molecule has 0 radical (unpaired) electrons. The molecule has 1 rings (SSSR count). The highest BCUT2D eigenvalue weighted by Crippen LogP contribution is 2.27. The summed E-state index contributed by atoms with van der Waals surface area (Å²) in [6.07, 6.45) is 9.74. The van der Waals surface area contributed by atoms with E-state index in [0.29, 0.717) is 6.42 Å². The summed E-state index contributed by atoms with van der Waals surface area (Å²) in [5, 5.41) is 18.4. The van der Waals surface area contributed by atoms with E-state index < -0.39 is 22.8 Å². The molecule has 0 spiro atoms. The average molecular weight is 419 g/mol. The molecule has 0 saturated heterocycles. The second-order valence-electron chi connectivity index (χ2n) is 10.1. The number of rotatable bonds is 14. The van der Waals surface area contributed by atoms with E-state index in [1.165, 1.54) is 22.3 Å². The van der Waals surface area contributed by atoms with Crippen molar-refractivity contribution in [2.45, 2.75) is 106 Å². The number of carboxylic acids is 2. The fraction of sp³-hybridized carbons (Fsp3) is 0.692. The molecular weight excluding hydrogens is 376 g/mol. The molecule has 0 fully saturated rings. The first-order valence-electron chi connectivity index (χ1n) is 11.4. The summed E-state index contributed by atoms with van der Waals surface area (Å²) in [4.78, 5) is 22.4. The smallest absolute Gasteiger partial charge is 0.309 e. The van der Waals surface area contributed by atoms with Crippen LogP contribution >= 0.6 is 0 Å². The van der Waals surface area contributed by atoms with Crippen molar-refractivity contribution in [3.8, 4) is 0 Å². The monoisotopic (exact) mass is 418 g/mol. The van der Waals surface area contributed by atoms with Gasteiger partial charge in [-0.1, -0.05) is 37.8 Å². The van der Waals surface area contributed by atoms with Gasteiger partial charge in [0.2, 0.25) is 0 Å². The third kappa shape index (κ3) is 8.12. The number of carbonyl (C=O) groups is 2. The molecule has 4 nitrogen and oxygen atoms in total. The van der Waals surface area contributed by atoms with E-state index >= 15 is 0 Å². The number of aliphatic carboxylic acids is 2. The molecule has 2 N–H and O–H groups in total. The molecule has 1 aromatic rings. The molecule has 30 heavy (non-hydrogen) atoms. The lowest BCUT2D eigenvalue weighted by atomic mass is 9.85. The minimum atomic E-state index is -0.719. The molecule has 170 valence electrons. The van der Waals surface area contributed by atoms with E-state index in [0.717, 1.165) is 57.8 Å². The van der Waals surface area contributed by atoms with E-state index in [2.05, 4.69) is 26.0 Å². The van der Waals surface area contributed by atoms with Crippen molar-refractivity contribution in [2.75, 3.05) is 0 Å². The van der Waals surface area contributed by atoms with E-state index in [1.807, 2.05) is 0 Å². The van der Waals surface area contributed by atoms with Gasteiger partial charge in [-0.05, 0) is 102 Å². The lowest BCUT2D eigenvalue weighted by molar-refractivity contribution is -0.148. The van der Waals surface area contributed by atoms with Crippen molar-refractivity contribution in [3.63, 3.8) is 0 Å². The van der Waals surface area contributed by atoms with Crippen LogP contribution in [0.25, 0.3) is 0 Å². The zero-order valence-electron chi connectivity index (χ0n) is 19.9. The first-order chi connectivity index (χ1) is 13.9. The van der Waals surface area contributed by atoms with E-state index in [-0.39, 0.29) is 0 Å². The van der Waals surface area contributed by atoms with Crippen molar-refractivity contribution < 1.29 is 19.8 Å². The Bertz CT molecular complexity index is 716.